The summed E-state index contributed by atoms with van der Waals surface area (Å²) in [6.07, 6.45) is -5.36. The molecule has 0 saturated carbocycles. The highest BCUT2D eigenvalue weighted by Gasteiger charge is 2.31. The molecule has 0 fully saturated rings. The Morgan fingerprint density at radius 1 is 1.44 bits per heavy atom. The van der Waals surface area contributed by atoms with E-state index in [1.807, 2.05) is 0 Å². The molecule has 0 amide bonds. The summed E-state index contributed by atoms with van der Waals surface area (Å²) < 4.78 is 41.2. The topological polar surface area (TPSA) is 35.2 Å². The van der Waals surface area contributed by atoms with Crippen molar-refractivity contribution in [3.63, 3.8) is 0 Å². The van der Waals surface area contributed by atoms with Crippen LogP contribution in [0.5, 0.6) is 5.75 Å². The van der Waals surface area contributed by atoms with Gasteiger partial charge in [-0.15, -0.1) is 0 Å². The van der Waals surface area contributed by atoms with Gasteiger partial charge in [0.2, 0.25) is 0 Å². The van der Waals surface area contributed by atoms with Gasteiger partial charge in [-0.05, 0) is 17.7 Å². The van der Waals surface area contributed by atoms with Crippen LogP contribution in [0.2, 0.25) is 5.02 Å². The quantitative estimate of drug-likeness (QED) is 0.897. The molecule has 0 unspecified atom stereocenters. The van der Waals surface area contributed by atoms with Crippen LogP contribution in [0.4, 0.5) is 13.2 Å². The minimum atomic E-state index is -4.29. The maximum atomic E-state index is 12.1. The zero-order valence-electron chi connectivity index (χ0n) is 8.51. The molecule has 0 heterocycles. The lowest BCUT2D eigenvalue weighted by molar-refractivity contribution is -0.138. The first-order valence-electron chi connectivity index (χ1n) is 4.49. The van der Waals surface area contributed by atoms with Gasteiger partial charge in [0.15, 0.2) is 0 Å². The van der Waals surface area contributed by atoms with Crippen LogP contribution < -0.4 is 10.5 Å². The van der Waals surface area contributed by atoms with Crippen molar-refractivity contribution >= 4 is 11.6 Å². The third-order valence-electron chi connectivity index (χ3n) is 2.05. The van der Waals surface area contributed by atoms with Crippen LogP contribution in [0.25, 0.3) is 0 Å². The van der Waals surface area contributed by atoms with Crippen molar-refractivity contribution in [2.75, 3.05) is 7.11 Å². The fourth-order valence-corrected chi connectivity index (χ4v) is 1.47. The number of nitrogens with two attached hydrogens (primary N) is 1. The molecule has 0 aliphatic rings. The van der Waals surface area contributed by atoms with E-state index in [1.165, 1.54) is 25.3 Å². The molecule has 1 rings (SSSR count). The van der Waals surface area contributed by atoms with Crippen LogP contribution in [-0.4, -0.2) is 13.3 Å². The van der Waals surface area contributed by atoms with Crippen molar-refractivity contribution in [3.8, 4) is 5.75 Å². The van der Waals surface area contributed by atoms with Crippen LogP contribution in [0.1, 0.15) is 18.0 Å². The molecule has 0 aliphatic heterocycles. The molecule has 0 saturated heterocycles. The van der Waals surface area contributed by atoms with Gasteiger partial charge in [0.05, 0.1) is 18.6 Å². The number of hydrogen-bond donors (Lipinski definition) is 1. The average molecular weight is 254 g/mol. The van der Waals surface area contributed by atoms with Gasteiger partial charge in [0.25, 0.3) is 0 Å². The summed E-state index contributed by atoms with van der Waals surface area (Å²) in [6, 6.07) is 3.23. The monoisotopic (exact) mass is 253 g/mol. The molecule has 2 N–H and O–H groups in total. The van der Waals surface area contributed by atoms with E-state index in [0.29, 0.717) is 16.3 Å². The number of alkyl halides is 3. The first-order chi connectivity index (χ1) is 7.33. The van der Waals surface area contributed by atoms with E-state index in [9.17, 15) is 13.2 Å². The van der Waals surface area contributed by atoms with E-state index in [0.717, 1.165) is 0 Å². The Hall–Kier alpha value is -0.940. The predicted molar refractivity (Wildman–Crippen MR) is 55.6 cm³/mol. The summed E-state index contributed by atoms with van der Waals surface area (Å²) in [4.78, 5) is 0. The van der Waals surface area contributed by atoms with Gasteiger partial charge in [-0.2, -0.15) is 13.2 Å². The van der Waals surface area contributed by atoms with Gasteiger partial charge in [-0.25, -0.2) is 0 Å². The lowest BCUT2D eigenvalue weighted by Crippen LogP contribution is -2.20. The van der Waals surface area contributed by atoms with Gasteiger partial charge < -0.3 is 10.5 Å². The van der Waals surface area contributed by atoms with Crippen molar-refractivity contribution in [2.24, 2.45) is 5.73 Å². The summed E-state index contributed by atoms with van der Waals surface area (Å²) >= 11 is 5.75. The van der Waals surface area contributed by atoms with E-state index in [-0.39, 0.29) is 0 Å². The van der Waals surface area contributed by atoms with Crippen molar-refractivity contribution < 1.29 is 17.9 Å². The maximum absolute atomic E-state index is 12.1. The second kappa shape index (κ2) is 4.93. The molecule has 1 aromatic carbocycles. The van der Waals surface area contributed by atoms with E-state index >= 15 is 0 Å². The first-order valence-corrected chi connectivity index (χ1v) is 4.87. The molecule has 0 aliphatic carbocycles. The third kappa shape index (κ3) is 3.57. The van der Waals surface area contributed by atoms with Crippen LogP contribution in [-0.2, 0) is 0 Å². The molecular formula is C10H11ClF3NO. The summed E-state index contributed by atoms with van der Waals surface area (Å²) in [5.41, 5.74) is 5.78. The fraction of sp³-hybridized carbons (Fsp3) is 0.400. The highest BCUT2D eigenvalue weighted by molar-refractivity contribution is 6.32. The number of hydrogen-bond acceptors (Lipinski definition) is 2. The van der Waals surface area contributed by atoms with Crippen LogP contribution in [0, 0.1) is 0 Å². The van der Waals surface area contributed by atoms with E-state index in [2.05, 4.69) is 0 Å². The van der Waals surface area contributed by atoms with Crippen LogP contribution in [0.3, 0.4) is 0 Å². The molecular weight excluding hydrogens is 243 g/mol. The molecule has 2 nitrogen and oxygen atoms in total. The number of ether oxygens (including phenoxy) is 1. The average Bonchev–Trinajstić information content (AvgIpc) is 2.15. The summed E-state index contributed by atoms with van der Waals surface area (Å²) in [7, 11) is 1.39. The van der Waals surface area contributed by atoms with Gasteiger partial charge in [0, 0.05) is 6.04 Å². The van der Waals surface area contributed by atoms with Crippen molar-refractivity contribution in [1.29, 1.82) is 0 Å². The molecule has 90 valence electrons. The number of rotatable bonds is 3. The molecule has 6 heteroatoms. The Kier molecular flexibility index (Phi) is 4.04. The fourth-order valence-electron chi connectivity index (χ4n) is 1.27. The Morgan fingerprint density at radius 2 is 2.06 bits per heavy atom. The van der Waals surface area contributed by atoms with Gasteiger partial charge in [0.1, 0.15) is 5.75 Å². The third-order valence-corrected chi connectivity index (χ3v) is 2.37. The SMILES string of the molecule is COc1cc([C@H](N)CC(F)(F)F)ccc1Cl. The summed E-state index contributed by atoms with van der Waals surface area (Å²) in [5, 5.41) is 0.338. The highest BCUT2D eigenvalue weighted by Crippen LogP contribution is 2.32. The Balaban J connectivity index is 2.88. The lowest BCUT2D eigenvalue weighted by atomic mass is 10.0. The van der Waals surface area contributed by atoms with Gasteiger partial charge in [-0.3, -0.25) is 0 Å². The normalized spacial score (nSPS) is 13.6. The molecule has 1 atom stereocenters. The molecule has 0 aromatic heterocycles. The zero-order chi connectivity index (χ0) is 12.3. The van der Waals surface area contributed by atoms with Crippen molar-refractivity contribution in [1.82, 2.24) is 0 Å². The Morgan fingerprint density at radius 3 is 2.56 bits per heavy atom. The first kappa shape index (κ1) is 13.1. The Labute approximate surface area is 96.1 Å². The Bertz CT molecular complexity index is 368. The highest BCUT2D eigenvalue weighted by atomic mass is 35.5. The second-order valence-electron chi connectivity index (χ2n) is 3.32. The summed E-state index contributed by atoms with van der Waals surface area (Å²) in [6.45, 7) is 0. The van der Waals surface area contributed by atoms with Crippen molar-refractivity contribution in [3.05, 3.63) is 28.8 Å². The maximum Gasteiger partial charge on any atom is 0.390 e. The van der Waals surface area contributed by atoms with Gasteiger partial charge >= 0.3 is 6.18 Å². The largest absolute Gasteiger partial charge is 0.495 e. The molecule has 1 aromatic rings. The molecule has 0 radical (unpaired) electrons. The zero-order valence-corrected chi connectivity index (χ0v) is 9.27. The number of methoxy groups -OCH3 is 1. The smallest absolute Gasteiger partial charge is 0.390 e. The lowest BCUT2D eigenvalue weighted by Gasteiger charge is -2.15. The number of halogens is 4. The summed E-state index contributed by atoms with van der Waals surface area (Å²) in [5.74, 6) is 0.316. The van der Waals surface area contributed by atoms with E-state index in [4.69, 9.17) is 22.1 Å². The standard InChI is InChI=1S/C10H11ClF3NO/c1-16-9-4-6(2-3-7(9)11)8(15)5-10(12,13)14/h2-4,8H,5,15H2,1H3/t8-/m1/s1. The minimum absolute atomic E-state index is 0.316. The minimum Gasteiger partial charge on any atom is -0.495 e. The van der Waals surface area contributed by atoms with E-state index in [1.54, 1.807) is 0 Å². The van der Waals surface area contributed by atoms with Crippen molar-refractivity contribution in [2.45, 2.75) is 18.6 Å². The number of benzene rings is 1. The van der Waals surface area contributed by atoms with Crippen LogP contribution in [0.15, 0.2) is 18.2 Å². The molecule has 0 spiro atoms. The van der Waals surface area contributed by atoms with E-state index < -0.39 is 18.6 Å². The predicted octanol–water partition coefficient (Wildman–Crippen LogP) is 3.30. The van der Waals surface area contributed by atoms with Gasteiger partial charge in [-0.1, -0.05) is 17.7 Å². The van der Waals surface area contributed by atoms with Crippen LogP contribution >= 0.6 is 11.6 Å². The molecule has 16 heavy (non-hydrogen) atoms. The molecule has 0 bridgehead atoms. The second-order valence-corrected chi connectivity index (χ2v) is 3.73.